The summed E-state index contributed by atoms with van der Waals surface area (Å²) >= 11 is 0. The number of hydrogen-bond acceptors (Lipinski definition) is 3. The SMILES string of the molecule is CCCCCCCCCCCCCCCCCCCCCCCCCCCCC/C=C/CC/C=C/C(O)C(CO)NC(C)=O. The molecule has 3 N–H and O–H groups in total. The number of allylic oxidation sites excluding steroid dienone is 3. The fourth-order valence-electron chi connectivity index (χ4n) is 6.05. The minimum atomic E-state index is -0.855. The number of unbranched alkanes of at least 4 members (excludes halogenated alkanes) is 28. The molecule has 0 aliphatic rings. The van der Waals surface area contributed by atoms with Crippen LogP contribution in [0.2, 0.25) is 0 Å². The number of carbonyl (C=O) groups excluding carboxylic acids is 1. The highest BCUT2D eigenvalue weighted by molar-refractivity contribution is 5.73. The Hall–Kier alpha value is -1.13. The summed E-state index contributed by atoms with van der Waals surface area (Å²) in [7, 11) is 0. The van der Waals surface area contributed by atoms with Gasteiger partial charge in [0.25, 0.3) is 0 Å². The van der Waals surface area contributed by atoms with Gasteiger partial charge < -0.3 is 15.5 Å². The van der Waals surface area contributed by atoms with Crippen LogP contribution in [-0.4, -0.2) is 34.9 Å². The van der Waals surface area contributed by atoms with Crippen LogP contribution in [0.25, 0.3) is 0 Å². The third-order valence-corrected chi connectivity index (χ3v) is 8.97. The van der Waals surface area contributed by atoms with E-state index in [2.05, 4.69) is 24.4 Å². The molecule has 0 saturated carbocycles. The molecule has 0 aliphatic carbocycles. The summed E-state index contributed by atoms with van der Waals surface area (Å²) < 4.78 is 0. The Morgan fingerprint density at radius 3 is 1.18 bits per heavy atom. The number of hydrogen-bond donors (Lipinski definition) is 3. The van der Waals surface area contributed by atoms with Crippen LogP contribution in [0.4, 0.5) is 0 Å². The molecule has 0 aliphatic heterocycles. The first-order chi connectivity index (χ1) is 21.6. The Labute approximate surface area is 275 Å². The van der Waals surface area contributed by atoms with E-state index in [1.54, 1.807) is 6.08 Å². The predicted molar refractivity (Wildman–Crippen MR) is 193 cm³/mol. The molecule has 260 valence electrons. The molecule has 0 aromatic heterocycles. The molecule has 0 bridgehead atoms. The van der Waals surface area contributed by atoms with Crippen molar-refractivity contribution in [2.45, 2.75) is 219 Å². The molecule has 0 aromatic rings. The first-order valence-corrected chi connectivity index (χ1v) is 19.5. The molecule has 4 heteroatoms. The van der Waals surface area contributed by atoms with Gasteiger partial charge in [-0.1, -0.05) is 198 Å². The number of aliphatic hydroxyl groups is 2. The van der Waals surface area contributed by atoms with Gasteiger partial charge in [0.2, 0.25) is 5.91 Å². The van der Waals surface area contributed by atoms with Crippen molar-refractivity contribution < 1.29 is 15.0 Å². The maximum absolute atomic E-state index is 11.1. The molecular formula is C40H77NO3. The first kappa shape index (κ1) is 42.9. The normalized spacial score (nSPS) is 13.3. The molecule has 0 rings (SSSR count). The maximum atomic E-state index is 11.1. The van der Waals surface area contributed by atoms with E-state index in [-0.39, 0.29) is 12.5 Å². The Morgan fingerprint density at radius 2 is 0.841 bits per heavy atom. The van der Waals surface area contributed by atoms with Gasteiger partial charge in [-0.05, 0) is 25.7 Å². The lowest BCUT2D eigenvalue weighted by Gasteiger charge is -2.18. The van der Waals surface area contributed by atoms with Crippen LogP contribution in [0.15, 0.2) is 24.3 Å². The number of amides is 1. The molecule has 0 heterocycles. The summed E-state index contributed by atoms with van der Waals surface area (Å²) in [4.78, 5) is 11.1. The third-order valence-electron chi connectivity index (χ3n) is 8.97. The summed E-state index contributed by atoms with van der Waals surface area (Å²) in [6.07, 6.45) is 48.9. The number of carbonyl (C=O) groups is 1. The fourth-order valence-corrected chi connectivity index (χ4v) is 6.05. The van der Waals surface area contributed by atoms with Crippen LogP contribution in [0.1, 0.15) is 206 Å². The minimum absolute atomic E-state index is 0.249. The molecule has 1 amide bonds. The highest BCUT2D eigenvalue weighted by Crippen LogP contribution is 2.16. The van der Waals surface area contributed by atoms with Crippen molar-refractivity contribution in [2.24, 2.45) is 0 Å². The largest absolute Gasteiger partial charge is 0.394 e. The molecule has 2 atom stereocenters. The molecule has 0 fully saturated rings. The second-order valence-corrected chi connectivity index (χ2v) is 13.4. The van der Waals surface area contributed by atoms with Gasteiger partial charge in [-0.3, -0.25) is 4.79 Å². The van der Waals surface area contributed by atoms with E-state index < -0.39 is 12.1 Å². The van der Waals surface area contributed by atoms with Crippen LogP contribution in [-0.2, 0) is 4.79 Å². The van der Waals surface area contributed by atoms with Gasteiger partial charge in [-0.2, -0.15) is 0 Å². The highest BCUT2D eigenvalue weighted by atomic mass is 16.3. The van der Waals surface area contributed by atoms with Gasteiger partial charge in [-0.15, -0.1) is 0 Å². The topological polar surface area (TPSA) is 69.6 Å². The number of aliphatic hydroxyl groups excluding tert-OH is 2. The zero-order valence-corrected chi connectivity index (χ0v) is 29.7. The van der Waals surface area contributed by atoms with E-state index in [9.17, 15) is 15.0 Å². The van der Waals surface area contributed by atoms with E-state index in [1.165, 1.54) is 180 Å². The van der Waals surface area contributed by atoms with Crippen molar-refractivity contribution in [3.05, 3.63) is 24.3 Å². The van der Waals surface area contributed by atoms with Crippen LogP contribution in [0.3, 0.4) is 0 Å². The lowest BCUT2D eigenvalue weighted by atomic mass is 10.0. The van der Waals surface area contributed by atoms with Gasteiger partial charge in [0, 0.05) is 6.92 Å². The van der Waals surface area contributed by atoms with Crippen molar-refractivity contribution in [1.82, 2.24) is 5.32 Å². The summed E-state index contributed by atoms with van der Waals surface area (Å²) in [6.45, 7) is 3.41. The lowest BCUT2D eigenvalue weighted by Crippen LogP contribution is -2.44. The van der Waals surface area contributed by atoms with E-state index in [4.69, 9.17) is 0 Å². The van der Waals surface area contributed by atoms with Gasteiger partial charge >= 0.3 is 0 Å². The fraction of sp³-hybridized carbons (Fsp3) is 0.875. The van der Waals surface area contributed by atoms with E-state index in [0.29, 0.717) is 0 Å². The molecule has 4 nitrogen and oxygen atoms in total. The monoisotopic (exact) mass is 620 g/mol. The summed E-state index contributed by atoms with van der Waals surface area (Å²) in [5.74, 6) is -0.249. The summed E-state index contributed by atoms with van der Waals surface area (Å²) in [5, 5.41) is 21.8. The summed E-state index contributed by atoms with van der Waals surface area (Å²) in [6, 6.07) is -0.636. The molecule has 0 spiro atoms. The molecule has 44 heavy (non-hydrogen) atoms. The van der Waals surface area contributed by atoms with E-state index >= 15 is 0 Å². The molecule has 2 unspecified atom stereocenters. The average molecular weight is 620 g/mol. The zero-order chi connectivity index (χ0) is 32.2. The zero-order valence-electron chi connectivity index (χ0n) is 29.7. The Morgan fingerprint density at radius 1 is 0.523 bits per heavy atom. The van der Waals surface area contributed by atoms with E-state index in [1.807, 2.05) is 6.08 Å². The average Bonchev–Trinajstić information content (AvgIpc) is 3.01. The van der Waals surface area contributed by atoms with Crippen LogP contribution < -0.4 is 5.32 Å². The van der Waals surface area contributed by atoms with Gasteiger partial charge in [0.1, 0.15) is 0 Å². The van der Waals surface area contributed by atoms with Crippen LogP contribution in [0.5, 0.6) is 0 Å². The smallest absolute Gasteiger partial charge is 0.217 e. The third kappa shape index (κ3) is 33.8. The minimum Gasteiger partial charge on any atom is -0.394 e. The molecule has 0 aromatic carbocycles. The predicted octanol–water partition coefficient (Wildman–Crippen LogP) is 11.7. The van der Waals surface area contributed by atoms with Crippen molar-refractivity contribution in [3.63, 3.8) is 0 Å². The molecule has 0 radical (unpaired) electrons. The van der Waals surface area contributed by atoms with Crippen molar-refractivity contribution in [3.8, 4) is 0 Å². The summed E-state index contributed by atoms with van der Waals surface area (Å²) in [5.41, 5.74) is 0. The van der Waals surface area contributed by atoms with Crippen molar-refractivity contribution in [1.29, 1.82) is 0 Å². The van der Waals surface area contributed by atoms with Gasteiger partial charge in [0.15, 0.2) is 0 Å². The molecule has 0 saturated heterocycles. The Bertz CT molecular complexity index is 632. The van der Waals surface area contributed by atoms with Crippen molar-refractivity contribution in [2.75, 3.05) is 6.61 Å². The van der Waals surface area contributed by atoms with Crippen LogP contribution in [0, 0.1) is 0 Å². The second-order valence-electron chi connectivity index (χ2n) is 13.4. The van der Waals surface area contributed by atoms with Crippen molar-refractivity contribution >= 4 is 5.91 Å². The number of rotatable bonds is 35. The lowest BCUT2D eigenvalue weighted by molar-refractivity contribution is -0.120. The Balaban J connectivity index is 3.24. The Kier molecular flexibility index (Phi) is 35.4. The maximum Gasteiger partial charge on any atom is 0.217 e. The van der Waals surface area contributed by atoms with Crippen LogP contribution >= 0.6 is 0 Å². The van der Waals surface area contributed by atoms with Gasteiger partial charge in [-0.25, -0.2) is 0 Å². The number of nitrogens with one attached hydrogen (secondary N) is 1. The second kappa shape index (κ2) is 36.3. The standard InChI is InChI=1S/C40H77NO3/c1-3-4-5-6-7-8-9-10-11-12-13-14-15-16-17-18-19-20-21-22-23-24-25-26-27-28-29-30-31-32-33-34-35-36-40(44)39(37-42)41-38(2)43/h31-32,35-36,39-40,42,44H,3-30,33-34,37H2,1-2H3,(H,41,43)/b32-31+,36-35+. The highest BCUT2D eigenvalue weighted by Gasteiger charge is 2.15. The first-order valence-electron chi connectivity index (χ1n) is 19.5. The van der Waals surface area contributed by atoms with Gasteiger partial charge in [0.05, 0.1) is 18.8 Å². The van der Waals surface area contributed by atoms with E-state index in [0.717, 1.165) is 19.3 Å². The quantitative estimate of drug-likeness (QED) is 0.0488. The molecular weight excluding hydrogens is 542 g/mol.